The Morgan fingerprint density at radius 1 is 1.36 bits per heavy atom. The van der Waals surface area contributed by atoms with Crippen molar-refractivity contribution in [2.24, 2.45) is 0 Å². The van der Waals surface area contributed by atoms with Crippen molar-refractivity contribution in [2.75, 3.05) is 0 Å². The van der Waals surface area contributed by atoms with E-state index in [-0.39, 0.29) is 0 Å². The van der Waals surface area contributed by atoms with Gasteiger partial charge in [-0.25, -0.2) is 0 Å². The third-order valence-electron chi connectivity index (χ3n) is 2.15. The largest absolute Gasteiger partial charge is 0.298 e. The second-order valence-corrected chi connectivity index (χ2v) is 3.21. The van der Waals surface area contributed by atoms with E-state index in [2.05, 4.69) is 13.1 Å². The molecule has 1 aromatic carbocycles. The molecule has 0 spiro atoms. The van der Waals surface area contributed by atoms with Gasteiger partial charge < -0.3 is 0 Å². The summed E-state index contributed by atoms with van der Waals surface area (Å²) < 4.78 is 0. The second kappa shape index (κ2) is 5.32. The summed E-state index contributed by atoms with van der Waals surface area (Å²) in [5.41, 5.74) is 2.11. The first-order valence-corrected chi connectivity index (χ1v) is 4.75. The minimum Gasteiger partial charge on any atom is -0.298 e. The highest BCUT2D eigenvalue weighted by atomic mass is 16.1. The lowest BCUT2D eigenvalue weighted by Gasteiger charge is -2.02. The first kappa shape index (κ1) is 10.6. The van der Waals surface area contributed by atoms with Gasteiger partial charge in [0.25, 0.3) is 0 Å². The molecule has 0 amide bonds. The van der Waals surface area contributed by atoms with Gasteiger partial charge >= 0.3 is 0 Å². The van der Waals surface area contributed by atoms with Gasteiger partial charge in [0.15, 0.2) is 0 Å². The Labute approximate surface area is 84.5 Å². The van der Waals surface area contributed by atoms with Crippen LogP contribution in [-0.2, 0) is 11.2 Å². The molecule has 0 saturated heterocycles. The van der Waals surface area contributed by atoms with Crippen LogP contribution in [0.15, 0.2) is 18.2 Å². The Hall–Kier alpha value is -1.44. The maximum absolute atomic E-state index is 10.5. The molecule has 0 aliphatic rings. The van der Waals surface area contributed by atoms with Gasteiger partial charge in [-0.15, -0.1) is 0 Å². The van der Waals surface area contributed by atoms with E-state index in [0.29, 0.717) is 11.1 Å². The highest BCUT2D eigenvalue weighted by Crippen LogP contribution is 2.10. The Kier molecular flexibility index (Phi) is 4.05. The summed E-state index contributed by atoms with van der Waals surface area (Å²) in [6.07, 6.45) is 7.31. The van der Waals surface area contributed by atoms with Gasteiger partial charge in [-0.3, -0.25) is 10.2 Å². The Bertz CT molecular complexity index is 331. The minimum absolute atomic E-state index is 0.417. The van der Waals surface area contributed by atoms with Crippen molar-refractivity contribution in [1.29, 1.82) is 5.41 Å². The highest BCUT2D eigenvalue weighted by Gasteiger charge is 2.01. The summed E-state index contributed by atoms with van der Waals surface area (Å²) in [7, 11) is 0. The van der Waals surface area contributed by atoms with E-state index in [1.54, 1.807) is 12.4 Å². The molecule has 72 valence electrons. The second-order valence-electron chi connectivity index (χ2n) is 3.21. The Morgan fingerprint density at radius 2 is 2.14 bits per heavy atom. The van der Waals surface area contributed by atoms with Gasteiger partial charge in [-0.05, 0) is 30.5 Å². The van der Waals surface area contributed by atoms with Crippen LogP contribution in [0.3, 0.4) is 0 Å². The lowest BCUT2D eigenvalue weighted by molar-refractivity contribution is 0.562. The third-order valence-corrected chi connectivity index (χ3v) is 2.15. The Morgan fingerprint density at radius 3 is 2.71 bits per heavy atom. The minimum atomic E-state index is 0.417. The van der Waals surface area contributed by atoms with E-state index in [9.17, 15) is 4.79 Å². The summed E-state index contributed by atoms with van der Waals surface area (Å²) in [6, 6.07) is 5.45. The number of benzene rings is 1. The summed E-state index contributed by atoms with van der Waals surface area (Å²) in [5, 5.41) is 7.03. The molecule has 14 heavy (non-hydrogen) atoms. The van der Waals surface area contributed by atoms with Crippen molar-refractivity contribution in [3.63, 3.8) is 0 Å². The molecule has 1 aromatic rings. The van der Waals surface area contributed by atoms with Crippen molar-refractivity contribution in [3.05, 3.63) is 34.9 Å². The molecule has 0 aliphatic carbocycles. The van der Waals surface area contributed by atoms with Gasteiger partial charge in [0.05, 0.1) is 6.21 Å². The third kappa shape index (κ3) is 2.52. The molecule has 0 fully saturated rings. The van der Waals surface area contributed by atoms with Crippen LogP contribution in [0.2, 0.25) is 0 Å². The number of nitrogens with one attached hydrogen (secondary N) is 1. The molecule has 2 heteroatoms. The number of carbonyl (C=O) groups excluding carboxylic acids is 1. The Balaban J connectivity index is 2.89. The summed E-state index contributed by atoms with van der Waals surface area (Å²) in [5.74, 6) is 0. The van der Waals surface area contributed by atoms with E-state index in [1.807, 2.05) is 12.1 Å². The normalized spacial score (nSPS) is 9.79. The topological polar surface area (TPSA) is 40.9 Å². The predicted octanol–water partition coefficient (Wildman–Crippen LogP) is 2.36. The average Bonchev–Trinajstić information content (AvgIpc) is 2.25. The number of hydrogen-bond donors (Lipinski definition) is 1. The molecule has 0 heterocycles. The lowest BCUT2D eigenvalue weighted by atomic mass is 10.0. The first-order valence-electron chi connectivity index (χ1n) is 4.75. The van der Waals surface area contributed by atoms with E-state index in [4.69, 9.17) is 5.41 Å². The monoisotopic (exact) mass is 187 g/mol. The van der Waals surface area contributed by atoms with Crippen molar-refractivity contribution in [2.45, 2.75) is 26.2 Å². The summed E-state index contributed by atoms with van der Waals surface area (Å²) in [4.78, 5) is 10.5. The molecule has 0 atom stereocenters. The molecule has 1 rings (SSSR count). The molecule has 2 radical (unpaired) electrons. The summed E-state index contributed by atoms with van der Waals surface area (Å²) >= 11 is 0. The maximum atomic E-state index is 10.5. The smallest absolute Gasteiger partial charge is 0.234 e. The van der Waals surface area contributed by atoms with E-state index in [0.717, 1.165) is 24.8 Å². The van der Waals surface area contributed by atoms with Crippen LogP contribution < -0.4 is 0 Å². The quantitative estimate of drug-likeness (QED) is 0.706. The van der Waals surface area contributed by atoms with Crippen LogP contribution in [0.5, 0.6) is 0 Å². The number of unbranched alkanes of at least 4 members (excludes halogenated alkanes) is 1. The first-order chi connectivity index (χ1) is 6.81. The molecule has 0 saturated carbocycles. The van der Waals surface area contributed by atoms with Crippen molar-refractivity contribution in [3.8, 4) is 0 Å². The molecule has 0 bridgehead atoms. The van der Waals surface area contributed by atoms with Gasteiger partial charge in [-0.1, -0.05) is 19.4 Å². The van der Waals surface area contributed by atoms with E-state index < -0.39 is 0 Å². The predicted molar refractivity (Wildman–Crippen MR) is 56.7 cm³/mol. The zero-order valence-corrected chi connectivity index (χ0v) is 8.26. The molecule has 0 aliphatic heterocycles. The van der Waals surface area contributed by atoms with Gasteiger partial charge in [-0.2, -0.15) is 0 Å². The fourth-order valence-corrected chi connectivity index (χ4v) is 1.32. The molecular weight excluding hydrogens is 174 g/mol. The zero-order valence-electron chi connectivity index (χ0n) is 8.26. The van der Waals surface area contributed by atoms with Gasteiger partial charge in [0, 0.05) is 11.1 Å². The molecular formula is C12H13NO. The highest BCUT2D eigenvalue weighted by molar-refractivity contribution is 5.91. The van der Waals surface area contributed by atoms with Crippen LogP contribution in [0.1, 0.15) is 36.5 Å². The van der Waals surface area contributed by atoms with Crippen molar-refractivity contribution < 1.29 is 4.79 Å². The standard InChI is InChI=1S/C12H13NO/c1-2-3-4-10-5-6-11(9-14)12(7-10)8-13/h5-7,13H,2-4H2,1H3. The molecule has 0 unspecified atom stereocenters. The number of hydrogen-bond acceptors (Lipinski definition) is 2. The lowest BCUT2D eigenvalue weighted by Crippen LogP contribution is -1.94. The zero-order chi connectivity index (χ0) is 10.4. The van der Waals surface area contributed by atoms with Crippen LogP contribution in [-0.4, -0.2) is 12.5 Å². The van der Waals surface area contributed by atoms with E-state index >= 15 is 0 Å². The van der Waals surface area contributed by atoms with Crippen LogP contribution in [0, 0.1) is 5.41 Å². The molecule has 1 N–H and O–H groups in total. The van der Waals surface area contributed by atoms with E-state index in [1.165, 1.54) is 0 Å². The average molecular weight is 187 g/mol. The van der Waals surface area contributed by atoms with Crippen molar-refractivity contribution >= 4 is 12.5 Å². The number of rotatable bonds is 5. The SMILES string of the molecule is CCCCc1ccc([C]=O)c([C]=N)c1. The fourth-order valence-electron chi connectivity index (χ4n) is 1.32. The van der Waals surface area contributed by atoms with Gasteiger partial charge in [0.2, 0.25) is 6.29 Å². The summed E-state index contributed by atoms with van der Waals surface area (Å²) in [6.45, 7) is 2.14. The number of aryl methyl sites for hydroxylation is 1. The molecule has 0 aromatic heterocycles. The van der Waals surface area contributed by atoms with Crippen molar-refractivity contribution in [1.82, 2.24) is 0 Å². The van der Waals surface area contributed by atoms with Crippen LogP contribution in [0.4, 0.5) is 0 Å². The maximum Gasteiger partial charge on any atom is 0.234 e. The van der Waals surface area contributed by atoms with Crippen LogP contribution >= 0.6 is 0 Å². The fraction of sp³-hybridized carbons (Fsp3) is 0.333. The van der Waals surface area contributed by atoms with Crippen LogP contribution in [0.25, 0.3) is 0 Å². The van der Waals surface area contributed by atoms with Gasteiger partial charge in [0.1, 0.15) is 0 Å². The molecule has 2 nitrogen and oxygen atoms in total.